The molecule has 1 atom stereocenters. The number of benzene rings is 1. The highest BCUT2D eigenvalue weighted by atomic mass is 15.2. The molecule has 0 N–H and O–H groups in total. The van der Waals surface area contributed by atoms with E-state index in [1.807, 2.05) is 12.1 Å². The topological polar surface area (TPSA) is 52.8 Å². The van der Waals surface area contributed by atoms with Gasteiger partial charge in [0.05, 0.1) is 0 Å². The Kier molecular flexibility index (Phi) is 4.45. The molecule has 2 heterocycles. The zero-order valence-corrected chi connectivity index (χ0v) is 12.9. The number of aromatic nitrogens is 2. The van der Waals surface area contributed by atoms with Gasteiger partial charge in [-0.3, -0.25) is 9.88 Å². The van der Waals surface area contributed by atoms with Gasteiger partial charge < -0.3 is 0 Å². The normalized spacial score (nSPS) is 16.9. The SMILES string of the molecule is C[C@H](c1ccc(-c2nccnc2C#N)cc1)N1CCCCC1. The van der Waals surface area contributed by atoms with Crippen LogP contribution in [0.3, 0.4) is 0 Å². The second-order valence-electron chi connectivity index (χ2n) is 5.76. The highest BCUT2D eigenvalue weighted by Gasteiger charge is 2.18. The molecule has 1 aliphatic rings. The molecule has 2 aromatic rings. The van der Waals surface area contributed by atoms with Gasteiger partial charge in [0.15, 0.2) is 5.69 Å². The zero-order valence-electron chi connectivity index (χ0n) is 12.9. The van der Waals surface area contributed by atoms with E-state index in [1.165, 1.54) is 37.9 Å². The zero-order chi connectivity index (χ0) is 15.4. The molecule has 0 spiro atoms. The first-order valence-electron chi connectivity index (χ1n) is 7.85. The molecule has 0 unspecified atom stereocenters. The molecule has 1 saturated heterocycles. The molecule has 22 heavy (non-hydrogen) atoms. The lowest BCUT2D eigenvalue weighted by Gasteiger charge is -2.32. The molecule has 4 heteroatoms. The maximum atomic E-state index is 9.13. The lowest BCUT2D eigenvalue weighted by Crippen LogP contribution is -2.32. The summed E-state index contributed by atoms with van der Waals surface area (Å²) >= 11 is 0. The highest BCUT2D eigenvalue weighted by molar-refractivity contribution is 5.64. The summed E-state index contributed by atoms with van der Waals surface area (Å²) in [5.74, 6) is 0. The molecule has 0 aliphatic carbocycles. The number of nitrogens with zero attached hydrogens (tertiary/aromatic N) is 4. The first-order valence-corrected chi connectivity index (χ1v) is 7.85. The van der Waals surface area contributed by atoms with Crippen LogP contribution in [-0.2, 0) is 0 Å². The van der Waals surface area contributed by atoms with E-state index in [0.717, 1.165) is 5.56 Å². The van der Waals surface area contributed by atoms with Crippen molar-refractivity contribution in [2.75, 3.05) is 13.1 Å². The van der Waals surface area contributed by atoms with Crippen LogP contribution in [0.1, 0.15) is 43.5 Å². The van der Waals surface area contributed by atoms with Gasteiger partial charge >= 0.3 is 0 Å². The minimum absolute atomic E-state index is 0.374. The van der Waals surface area contributed by atoms with Crippen LogP contribution in [0.25, 0.3) is 11.3 Å². The number of nitriles is 1. The molecule has 1 aliphatic heterocycles. The number of likely N-dealkylation sites (tertiary alicyclic amines) is 1. The standard InChI is InChI=1S/C18H20N4/c1-14(22-11-3-2-4-12-22)15-5-7-16(8-6-15)18-17(13-19)20-9-10-21-18/h5-10,14H,2-4,11-12H2,1H3/t14-/m1/s1. The summed E-state index contributed by atoms with van der Waals surface area (Å²) in [6.07, 6.45) is 7.13. The molecule has 0 amide bonds. The predicted octanol–water partition coefficient (Wildman–Crippen LogP) is 3.56. The number of piperidine rings is 1. The fourth-order valence-electron chi connectivity index (χ4n) is 3.07. The van der Waals surface area contributed by atoms with Gasteiger partial charge in [-0.2, -0.15) is 5.26 Å². The Hall–Kier alpha value is -2.25. The summed E-state index contributed by atoms with van der Waals surface area (Å²) in [5, 5.41) is 9.13. The van der Waals surface area contributed by atoms with Crippen LogP contribution in [0.5, 0.6) is 0 Å². The van der Waals surface area contributed by atoms with Crippen LogP contribution in [0.15, 0.2) is 36.7 Å². The molecule has 0 bridgehead atoms. The molecule has 112 valence electrons. The number of hydrogen-bond acceptors (Lipinski definition) is 4. The van der Waals surface area contributed by atoms with Crippen LogP contribution >= 0.6 is 0 Å². The second-order valence-corrected chi connectivity index (χ2v) is 5.76. The molecular formula is C18H20N4. The largest absolute Gasteiger partial charge is 0.297 e. The van der Waals surface area contributed by atoms with Crippen molar-refractivity contribution in [3.63, 3.8) is 0 Å². The van der Waals surface area contributed by atoms with Gasteiger partial charge in [-0.25, -0.2) is 4.98 Å². The first kappa shape index (κ1) is 14.7. The van der Waals surface area contributed by atoms with Gasteiger partial charge in [-0.15, -0.1) is 0 Å². The Morgan fingerprint density at radius 1 is 1.05 bits per heavy atom. The Bertz CT molecular complexity index is 666. The van der Waals surface area contributed by atoms with Crippen molar-refractivity contribution in [2.45, 2.75) is 32.2 Å². The van der Waals surface area contributed by atoms with Gasteiger partial charge in [0.2, 0.25) is 0 Å². The molecule has 0 radical (unpaired) electrons. The van der Waals surface area contributed by atoms with Crippen molar-refractivity contribution in [1.29, 1.82) is 5.26 Å². The van der Waals surface area contributed by atoms with Gasteiger partial charge in [0.25, 0.3) is 0 Å². The smallest absolute Gasteiger partial charge is 0.166 e. The molecule has 1 fully saturated rings. The summed E-state index contributed by atoms with van der Waals surface area (Å²) < 4.78 is 0. The quantitative estimate of drug-likeness (QED) is 0.868. The first-order chi connectivity index (χ1) is 10.8. The van der Waals surface area contributed by atoms with E-state index in [0.29, 0.717) is 17.4 Å². The van der Waals surface area contributed by atoms with Crippen LogP contribution in [0, 0.1) is 11.3 Å². The molecular weight excluding hydrogens is 272 g/mol. The van der Waals surface area contributed by atoms with Crippen molar-refractivity contribution in [2.24, 2.45) is 0 Å². The van der Waals surface area contributed by atoms with Crippen molar-refractivity contribution in [1.82, 2.24) is 14.9 Å². The Balaban J connectivity index is 1.82. The molecule has 3 rings (SSSR count). The minimum atomic E-state index is 0.374. The maximum Gasteiger partial charge on any atom is 0.166 e. The average molecular weight is 292 g/mol. The molecule has 4 nitrogen and oxygen atoms in total. The van der Waals surface area contributed by atoms with Crippen LogP contribution in [0.2, 0.25) is 0 Å². The van der Waals surface area contributed by atoms with Gasteiger partial charge in [0.1, 0.15) is 11.8 Å². The number of rotatable bonds is 3. The minimum Gasteiger partial charge on any atom is -0.297 e. The van der Waals surface area contributed by atoms with E-state index < -0.39 is 0 Å². The maximum absolute atomic E-state index is 9.13. The van der Waals surface area contributed by atoms with E-state index >= 15 is 0 Å². The fraction of sp³-hybridized carbons (Fsp3) is 0.389. The van der Waals surface area contributed by atoms with Crippen LogP contribution in [-0.4, -0.2) is 28.0 Å². The predicted molar refractivity (Wildman–Crippen MR) is 86.0 cm³/mol. The molecule has 0 saturated carbocycles. The highest BCUT2D eigenvalue weighted by Crippen LogP contribution is 2.26. The fourth-order valence-corrected chi connectivity index (χ4v) is 3.07. The Morgan fingerprint density at radius 3 is 2.41 bits per heavy atom. The summed E-state index contributed by atoms with van der Waals surface area (Å²) in [5.41, 5.74) is 3.29. The van der Waals surface area contributed by atoms with Gasteiger partial charge in [-0.1, -0.05) is 30.7 Å². The summed E-state index contributed by atoms with van der Waals surface area (Å²) in [4.78, 5) is 10.9. The molecule has 1 aromatic carbocycles. The third kappa shape index (κ3) is 3.00. The van der Waals surface area contributed by atoms with E-state index in [4.69, 9.17) is 5.26 Å². The average Bonchev–Trinajstić information content (AvgIpc) is 2.62. The molecule has 1 aromatic heterocycles. The number of hydrogen-bond donors (Lipinski definition) is 0. The summed E-state index contributed by atoms with van der Waals surface area (Å²) in [6.45, 7) is 4.64. The van der Waals surface area contributed by atoms with Gasteiger partial charge in [0, 0.05) is 24.0 Å². The third-order valence-corrected chi connectivity index (χ3v) is 4.41. The van der Waals surface area contributed by atoms with E-state index in [9.17, 15) is 0 Å². The van der Waals surface area contributed by atoms with E-state index in [2.05, 4.69) is 40.0 Å². The third-order valence-electron chi connectivity index (χ3n) is 4.41. The Morgan fingerprint density at radius 2 is 1.73 bits per heavy atom. The summed E-state index contributed by atoms with van der Waals surface area (Å²) in [7, 11) is 0. The lowest BCUT2D eigenvalue weighted by molar-refractivity contribution is 0.175. The lowest BCUT2D eigenvalue weighted by atomic mass is 10.0. The van der Waals surface area contributed by atoms with Crippen LogP contribution < -0.4 is 0 Å². The monoisotopic (exact) mass is 292 g/mol. The van der Waals surface area contributed by atoms with Crippen molar-refractivity contribution < 1.29 is 0 Å². The van der Waals surface area contributed by atoms with Gasteiger partial charge in [-0.05, 0) is 38.4 Å². The Labute approximate surface area is 131 Å². The second kappa shape index (κ2) is 6.67. The van der Waals surface area contributed by atoms with Crippen molar-refractivity contribution in [3.05, 3.63) is 47.9 Å². The van der Waals surface area contributed by atoms with E-state index in [1.54, 1.807) is 12.4 Å². The van der Waals surface area contributed by atoms with Crippen LogP contribution in [0.4, 0.5) is 0 Å². The van der Waals surface area contributed by atoms with E-state index in [-0.39, 0.29) is 0 Å². The van der Waals surface area contributed by atoms with Crippen molar-refractivity contribution in [3.8, 4) is 17.3 Å². The summed E-state index contributed by atoms with van der Waals surface area (Å²) in [6, 6.07) is 10.9. The van der Waals surface area contributed by atoms with Crippen molar-refractivity contribution >= 4 is 0 Å².